The molecule has 9 heteroatoms. The largest absolute Gasteiger partial charge is 0.401 e. The fourth-order valence-corrected chi connectivity index (χ4v) is 6.66. The fourth-order valence-electron chi connectivity index (χ4n) is 6.17. The number of nitrogens with two attached hydrogens (primary N) is 2. The molecule has 1 aliphatic heterocycles. The van der Waals surface area contributed by atoms with E-state index in [0.29, 0.717) is 35.7 Å². The monoisotopic (exact) mass is 589 g/mol. The summed E-state index contributed by atoms with van der Waals surface area (Å²) in [5.41, 5.74) is 14.9. The van der Waals surface area contributed by atoms with Crippen LogP contribution in [0.1, 0.15) is 63.5 Å². The molecule has 1 fully saturated rings. The van der Waals surface area contributed by atoms with Crippen molar-refractivity contribution in [1.29, 1.82) is 0 Å². The molecule has 0 spiro atoms. The van der Waals surface area contributed by atoms with Crippen LogP contribution in [0.15, 0.2) is 80.0 Å². The minimum Gasteiger partial charge on any atom is -0.401 e. The van der Waals surface area contributed by atoms with Gasteiger partial charge in [0.2, 0.25) is 10.0 Å². The molecule has 2 aliphatic carbocycles. The first-order valence-corrected chi connectivity index (χ1v) is 16.2. The Bertz CT molecular complexity index is 1520. The summed E-state index contributed by atoms with van der Waals surface area (Å²) < 4.78 is 23.2. The molecule has 3 atom stereocenters. The third-order valence-corrected chi connectivity index (χ3v) is 9.34. The van der Waals surface area contributed by atoms with Gasteiger partial charge in [0.1, 0.15) is 5.84 Å². The summed E-state index contributed by atoms with van der Waals surface area (Å²) in [5.74, 6) is 1.63. The number of hydrogen-bond donors (Lipinski definition) is 2. The fraction of sp³-hybridized carbons (Fsp3) is 0.455. The van der Waals surface area contributed by atoms with E-state index in [1.54, 1.807) is 0 Å². The summed E-state index contributed by atoms with van der Waals surface area (Å²) in [7, 11) is -3.84. The zero-order valence-electron chi connectivity index (χ0n) is 25.1. The number of allylic oxidation sites excluding steroid dienone is 4. The first kappa shape index (κ1) is 31.6. The summed E-state index contributed by atoms with van der Waals surface area (Å²) in [6.45, 7) is 9.88. The molecular weight excluding hydrogens is 546 g/mol. The maximum absolute atomic E-state index is 12.9. The quantitative estimate of drug-likeness (QED) is 0.183. The first-order valence-electron chi connectivity index (χ1n) is 14.7. The molecule has 0 bridgehead atoms. The van der Waals surface area contributed by atoms with Gasteiger partial charge >= 0.3 is 0 Å². The SMILES string of the molecule is CC(N=CC1=C(N)CN([C@@H]2CCCC(CCC(=O)C3=CC=C(S(N)(=O)=O)C=C=C3)[C@H](C)C2)C1)=Nc1cc(C)cc(C)c1. The third-order valence-electron chi connectivity index (χ3n) is 8.43. The predicted octanol–water partition coefficient (Wildman–Crippen LogP) is 5.32. The van der Waals surface area contributed by atoms with Gasteiger partial charge in [0, 0.05) is 54.7 Å². The van der Waals surface area contributed by atoms with Crippen LogP contribution in [0.5, 0.6) is 0 Å². The highest BCUT2D eigenvalue weighted by atomic mass is 32.2. The van der Waals surface area contributed by atoms with Gasteiger partial charge in [-0.15, -0.1) is 5.73 Å². The standard InChI is InChI=1S/C33H43N5O3S/c1-22-15-23(2)17-29(16-22)37-25(4)36-19-28-20-38(21-32(28)34)30-9-5-7-26(24(3)18-30)12-14-33(39)27-8-6-10-31(13-11-27)42(35,40)41/h8,10-11,13,15-17,19,24,26,30H,5,7,9,12,14,18,20-21,34H2,1-4H3,(H2,35,40,41)/t24-,26?,30-/m1/s1. The Morgan fingerprint density at radius 3 is 2.57 bits per heavy atom. The van der Waals surface area contributed by atoms with Gasteiger partial charge in [-0.2, -0.15) is 0 Å². The second kappa shape index (κ2) is 13.7. The summed E-state index contributed by atoms with van der Waals surface area (Å²) in [6.07, 6.45) is 13.2. The van der Waals surface area contributed by atoms with Crippen molar-refractivity contribution in [1.82, 2.24) is 4.90 Å². The Morgan fingerprint density at radius 1 is 1.12 bits per heavy atom. The van der Waals surface area contributed by atoms with Crippen LogP contribution in [0.25, 0.3) is 0 Å². The van der Waals surface area contributed by atoms with Gasteiger partial charge in [-0.05, 0) is 93.4 Å². The van der Waals surface area contributed by atoms with E-state index in [2.05, 4.69) is 59.6 Å². The smallest absolute Gasteiger partial charge is 0.238 e. The Kier molecular flexibility index (Phi) is 10.3. The second-order valence-electron chi connectivity index (χ2n) is 11.9. The number of nitrogens with zero attached hydrogens (tertiary/aromatic N) is 3. The Labute approximate surface area is 250 Å². The lowest BCUT2D eigenvalue weighted by Crippen LogP contribution is -2.35. The number of aliphatic imine (C=N–C) groups is 2. The molecular formula is C33H43N5O3S. The average molecular weight is 590 g/mol. The number of carbonyl (C=O) groups excluding carboxylic acids is 1. The van der Waals surface area contributed by atoms with Crippen molar-refractivity contribution >= 4 is 33.5 Å². The van der Waals surface area contributed by atoms with E-state index in [1.807, 2.05) is 13.1 Å². The number of ketones is 1. The maximum Gasteiger partial charge on any atom is 0.238 e. The van der Waals surface area contributed by atoms with Crippen molar-refractivity contribution in [2.75, 3.05) is 13.1 Å². The number of benzene rings is 1. The van der Waals surface area contributed by atoms with E-state index in [-0.39, 0.29) is 10.7 Å². The van der Waals surface area contributed by atoms with E-state index in [0.717, 1.165) is 62.2 Å². The molecule has 1 unspecified atom stereocenters. The lowest BCUT2D eigenvalue weighted by molar-refractivity contribution is -0.115. The van der Waals surface area contributed by atoms with E-state index in [1.165, 1.54) is 35.4 Å². The number of primary sulfonamides is 1. The van der Waals surface area contributed by atoms with Crippen LogP contribution in [-0.4, -0.2) is 50.3 Å². The number of carbonyl (C=O) groups is 1. The van der Waals surface area contributed by atoms with Gasteiger partial charge < -0.3 is 5.73 Å². The van der Waals surface area contributed by atoms with Crippen molar-refractivity contribution in [2.24, 2.45) is 32.7 Å². The molecule has 42 heavy (non-hydrogen) atoms. The molecule has 1 heterocycles. The average Bonchev–Trinajstić information content (AvgIpc) is 3.06. The highest BCUT2D eigenvalue weighted by molar-refractivity contribution is 7.93. The van der Waals surface area contributed by atoms with Crippen molar-refractivity contribution < 1.29 is 13.2 Å². The van der Waals surface area contributed by atoms with Crippen molar-refractivity contribution in [2.45, 2.75) is 72.3 Å². The van der Waals surface area contributed by atoms with Gasteiger partial charge in [-0.25, -0.2) is 23.5 Å². The lowest BCUT2D eigenvalue weighted by Gasteiger charge is -2.29. The predicted molar refractivity (Wildman–Crippen MR) is 171 cm³/mol. The molecule has 0 radical (unpaired) electrons. The minimum atomic E-state index is -3.84. The van der Waals surface area contributed by atoms with Crippen LogP contribution in [-0.2, 0) is 14.8 Å². The Morgan fingerprint density at radius 2 is 1.86 bits per heavy atom. The molecule has 1 saturated carbocycles. The van der Waals surface area contributed by atoms with Crippen molar-refractivity contribution in [3.63, 3.8) is 0 Å². The van der Waals surface area contributed by atoms with E-state index < -0.39 is 10.0 Å². The minimum absolute atomic E-state index is 0.00683. The first-order chi connectivity index (χ1) is 19.9. The zero-order valence-corrected chi connectivity index (χ0v) is 26.0. The summed E-state index contributed by atoms with van der Waals surface area (Å²) in [6, 6.07) is 6.68. The van der Waals surface area contributed by atoms with E-state index in [4.69, 9.17) is 10.9 Å². The normalized spacial score (nSPS) is 24.1. The highest BCUT2D eigenvalue weighted by Gasteiger charge is 2.32. The molecule has 224 valence electrons. The van der Waals surface area contributed by atoms with Crippen LogP contribution in [0, 0.1) is 25.7 Å². The van der Waals surface area contributed by atoms with Crippen LogP contribution in [0.3, 0.4) is 0 Å². The zero-order chi connectivity index (χ0) is 30.4. The third kappa shape index (κ3) is 8.58. The molecule has 4 N–H and O–H groups in total. The molecule has 3 aliphatic rings. The van der Waals surface area contributed by atoms with Gasteiger partial charge in [0.25, 0.3) is 0 Å². The van der Waals surface area contributed by atoms with Crippen LogP contribution in [0.4, 0.5) is 5.69 Å². The summed E-state index contributed by atoms with van der Waals surface area (Å²) in [5, 5.41) is 5.20. The maximum atomic E-state index is 12.9. The summed E-state index contributed by atoms with van der Waals surface area (Å²) in [4.78, 5) is 24.6. The number of hydrogen-bond acceptors (Lipinski definition) is 6. The lowest BCUT2D eigenvalue weighted by atomic mass is 9.84. The molecule has 1 aromatic rings. The van der Waals surface area contributed by atoms with E-state index >= 15 is 0 Å². The van der Waals surface area contributed by atoms with Gasteiger partial charge in [0.15, 0.2) is 5.78 Å². The van der Waals surface area contributed by atoms with Crippen LogP contribution < -0.4 is 10.9 Å². The van der Waals surface area contributed by atoms with Crippen molar-refractivity contribution in [3.8, 4) is 0 Å². The van der Waals surface area contributed by atoms with Gasteiger partial charge in [0.05, 0.1) is 10.6 Å². The van der Waals surface area contributed by atoms with E-state index in [9.17, 15) is 13.2 Å². The van der Waals surface area contributed by atoms with Crippen LogP contribution >= 0.6 is 0 Å². The molecule has 0 amide bonds. The molecule has 0 aromatic heterocycles. The Balaban J connectivity index is 1.31. The van der Waals surface area contributed by atoms with Crippen LogP contribution in [0.2, 0.25) is 0 Å². The highest BCUT2D eigenvalue weighted by Crippen LogP contribution is 2.35. The number of Topliss-reactive ketones (excluding diaryl/α,β-unsaturated/α-hetero) is 1. The number of sulfonamides is 1. The van der Waals surface area contributed by atoms with Gasteiger partial charge in [-0.1, -0.05) is 25.8 Å². The molecule has 1 aromatic carbocycles. The van der Waals surface area contributed by atoms with Gasteiger partial charge in [-0.3, -0.25) is 9.69 Å². The second-order valence-corrected chi connectivity index (χ2v) is 13.5. The number of aryl methyl sites for hydroxylation is 2. The topological polar surface area (TPSA) is 131 Å². The summed E-state index contributed by atoms with van der Waals surface area (Å²) >= 11 is 0. The Hall–Kier alpha value is -3.36. The molecule has 0 saturated heterocycles. The number of amidine groups is 1. The molecule has 8 nitrogen and oxygen atoms in total. The van der Waals surface area contributed by atoms with Crippen molar-refractivity contribution in [3.05, 3.63) is 81.1 Å². The number of rotatable bonds is 8. The molecule has 4 rings (SSSR count).